The lowest BCUT2D eigenvalue weighted by molar-refractivity contribution is -0.113. The van der Waals surface area contributed by atoms with Crippen molar-refractivity contribution in [3.05, 3.63) is 84.2 Å². The summed E-state index contributed by atoms with van der Waals surface area (Å²) >= 11 is 1.27. The van der Waals surface area contributed by atoms with E-state index in [1.807, 2.05) is 0 Å². The van der Waals surface area contributed by atoms with Crippen molar-refractivity contribution in [3.63, 3.8) is 0 Å². The molecule has 3 rings (SSSR count). The fourth-order valence-electron chi connectivity index (χ4n) is 2.54. The van der Waals surface area contributed by atoms with Crippen LogP contribution in [0, 0.1) is 5.82 Å². The quantitative estimate of drug-likeness (QED) is 0.468. The fourth-order valence-corrected chi connectivity index (χ4v) is 3.81. The second-order valence-corrected chi connectivity index (χ2v) is 9.01. The summed E-state index contributed by atoms with van der Waals surface area (Å²) in [6.45, 7) is 0. The van der Waals surface area contributed by atoms with Gasteiger partial charge in [0.25, 0.3) is 5.91 Å². The van der Waals surface area contributed by atoms with E-state index < -0.39 is 15.8 Å². The normalized spacial score (nSPS) is 11.0. The lowest BCUT2D eigenvalue weighted by Gasteiger charge is -2.08. The molecule has 0 bridgehead atoms. The number of thioether (sulfide) groups is 1. The molecule has 3 aromatic carbocycles. The summed E-state index contributed by atoms with van der Waals surface area (Å²) < 4.78 is 35.5. The van der Waals surface area contributed by atoms with Crippen LogP contribution in [0.15, 0.2) is 82.6 Å². The average Bonchev–Trinajstić information content (AvgIpc) is 2.73. The first-order valence-corrected chi connectivity index (χ1v) is 11.5. The van der Waals surface area contributed by atoms with Crippen molar-refractivity contribution in [3.8, 4) is 0 Å². The summed E-state index contributed by atoms with van der Waals surface area (Å²) in [6, 6.07) is 17.7. The van der Waals surface area contributed by atoms with Gasteiger partial charge in [-0.25, -0.2) is 17.9 Å². The molecule has 4 N–H and O–H groups in total. The van der Waals surface area contributed by atoms with Crippen LogP contribution in [0.25, 0.3) is 0 Å². The third-order valence-electron chi connectivity index (χ3n) is 4.03. The first-order chi connectivity index (χ1) is 14.7. The summed E-state index contributed by atoms with van der Waals surface area (Å²) in [6.07, 6.45) is 0. The predicted octanol–water partition coefficient (Wildman–Crippen LogP) is 3.46. The van der Waals surface area contributed by atoms with Gasteiger partial charge in [-0.15, -0.1) is 11.8 Å². The van der Waals surface area contributed by atoms with Crippen LogP contribution in [-0.4, -0.2) is 26.0 Å². The van der Waals surface area contributed by atoms with Gasteiger partial charge in [-0.1, -0.05) is 6.07 Å². The number of sulfonamides is 1. The molecule has 0 saturated carbocycles. The Balaban J connectivity index is 1.55. The highest BCUT2D eigenvalue weighted by Gasteiger charge is 2.10. The molecule has 0 heterocycles. The number of benzene rings is 3. The van der Waals surface area contributed by atoms with Gasteiger partial charge in [-0.05, 0) is 66.7 Å². The summed E-state index contributed by atoms with van der Waals surface area (Å²) in [5.41, 5.74) is 1.31. The van der Waals surface area contributed by atoms with Gasteiger partial charge in [0.1, 0.15) is 5.82 Å². The van der Waals surface area contributed by atoms with Crippen LogP contribution in [0.3, 0.4) is 0 Å². The van der Waals surface area contributed by atoms with Gasteiger partial charge in [-0.3, -0.25) is 9.59 Å². The van der Waals surface area contributed by atoms with Gasteiger partial charge in [0.05, 0.1) is 10.6 Å². The Bertz CT molecular complexity index is 1200. The highest BCUT2D eigenvalue weighted by atomic mass is 32.2. The van der Waals surface area contributed by atoms with Crippen molar-refractivity contribution in [2.24, 2.45) is 5.14 Å². The van der Waals surface area contributed by atoms with E-state index in [1.165, 1.54) is 60.3 Å². The van der Waals surface area contributed by atoms with Crippen LogP contribution in [0.1, 0.15) is 10.4 Å². The zero-order valence-corrected chi connectivity index (χ0v) is 17.7. The van der Waals surface area contributed by atoms with Gasteiger partial charge in [0.15, 0.2) is 0 Å². The van der Waals surface area contributed by atoms with Crippen LogP contribution in [0.5, 0.6) is 0 Å². The standard InChI is InChI=1S/C21H18FN3O4S2/c22-15-6-4-14(5-7-15)21(27)25-17-2-1-3-18(12-17)30-13-20(26)24-16-8-10-19(11-9-16)31(23,28)29/h1-12H,13H2,(H,24,26)(H,25,27)(H2,23,28,29). The Hall–Kier alpha value is -3.21. The molecular weight excluding hydrogens is 441 g/mol. The Labute approximate surface area is 182 Å². The third kappa shape index (κ3) is 6.64. The van der Waals surface area contributed by atoms with E-state index in [1.54, 1.807) is 24.3 Å². The Morgan fingerprint density at radius 3 is 2.23 bits per heavy atom. The molecule has 0 spiro atoms. The van der Waals surface area contributed by atoms with Gasteiger partial charge in [0.2, 0.25) is 15.9 Å². The van der Waals surface area contributed by atoms with Crippen LogP contribution in [-0.2, 0) is 14.8 Å². The highest BCUT2D eigenvalue weighted by Crippen LogP contribution is 2.22. The van der Waals surface area contributed by atoms with Crippen LogP contribution < -0.4 is 15.8 Å². The summed E-state index contributed by atoms with van der Waals surface area (Å²) in [5.74, 6) is -0.975. The lowest BCUT2D eigenvalue weighted by Crippen LogP contribution is -2.15. The molecule has 31 heavy (non-hydrogen) atoms. The second-order valence-electron chi connectivity index (χ2n) is 6.40. The van der Waals surface area contributed by atoms with E-state index >= 15 is 0 Å². The molecule has 0 aliphatic carbocycles. The Morgan fingerprint density at radius 2 is 1.58 bits per heavy atom. The van der Waals surface area contributed by atoms with Crippen molar-refractivity contribution < 1.29 is 22.4 Å². The second kappa shape index (κ2) is 9.73. The molecule has 0 atom stereocenters. The summed E-state index contributed by atoms with van der Waals surface area (Å²) in [5, 5.41) is 10.4. The first-order valence-electron chi connectivity index (χ1n) is 8.93. The number of carbonyl (C=O) groups is 2. The Morgan fingerprint density at radius 1 is 0.903 bits per heavy atom. The number of hydrogen-bond acceptors (Lipinski definition) is 5. The van der Waals surface area contributed by atoms with E-state index in [0.717, 1.165) is 4.90 Å². The van der Waals surface area contributed by atoms with Crippen LogP contribution in [0.2, 0.25) is 0 Å². The minimum Gasteiger partial charge on any atom is -0.325 e. The number of primary sulfonamides is 1. The minimum absolute atomic E-state index is 0.0422. The number of nitrogens with two attached hydrogens (primary N) is 1. The number of rotatable bonds is 7. The molecule has 0 saturated heterocycles. The van der Waals surface area contributed by atoms with Gasteiger partial charge in [0, 0.05) is 21.8 Å². The monoisotopic (exact) mass is 459 g/mol. The average molecular weight is 460 g/mol. The number of amides is 2. The largest absolute Gasteiger partial charge is 0.325 e. The molecule has 0 unspecified atom stereocenters. The van der Waals surface area contributed by atoms with Crippen molar-refractivity contribution in [1.82, 2.24) is 0 Å². The van der Waals surface area contributed by atoms with Crippen molar-refractivity contribution in [2.45, 2.75) is 9.79 Å². The maximum Gasteiger partial charge on any atom is 0.255 e. The summed E-state index contributed by atoms with van der Waals surface area (Å²) in [4.78, 5) is 25.1. The van der Waals surface area contributed by atoms with E-state index in [9.17, 15) is 22.4 Å². The number of hydrogen-bond donors (Lipinski definition) is 3. The molecule has 2 amide bonds. The molecule has 0 aliphatic heterocycles. The first kappa shape index (κ1) is 22.5. The molecule has 0 fully saturated rings. The molecule has 3 aromatic rings. The highest BCUT2D eigenvalue weighted by molar-refractivity contribution is 8.00. The zero-order chi connectivity index (χ0) is 22.4. The number of anilines is 2. The van der Waals surface area contributed by atoms with Crippen LogP contribution in [0.4, 0.5) is 15.8 Å². The smallest absolute Gasteiger partial charge is 0.255 e. The van der Waals surface area contributed by atoms with Gasteiger partial charge in [-0.2, -0.15) is 0 Å². The Kier molecular flexibility index (Phi) is 7.06. The molecule has 160 valence electrons. The van der Waals surface area contributed by atoms with Gasteiger partial charge >= 0.3 is 0 Å². The summed E-state index contributed by atoms with van der Waals surface area (Å²) in [7, 11) is -3.79. The lowest BCUT2D eigenvalue weighted by atomic mass is 10.2. The van der Waals surface area contributed by atoms with E-state index in [4.69, 9.17) is 5.14 Å². The van der Waals surface area contributed by atoms with Crippen molar-refractivity contribution in [2.75, 3.05) is 16.4 Å². The molecule has 10 heteroatoms. The number of halogens is 1. The number of carbonyl (C=O) groups excluding carboxylic acids is 2. The van der Waals surface area contributed by atoms with Crippen molar-refractivity contribution >= 4 is 45.0 Å². The molecule has 0 aliphatic rings. The molecule has 0 aromatic heterocycles. The fraction of sp³-hybridized carbons (Fsp3) is 0.0476. The van der Waals surface area contributed by atoms with Crippen molar-refractivity contribution in [1.29, 1.82) is 0 Å². The topological polar surface area (TPSA) is 118 Å². The maximum absolute atomic E-state index is 13.0. The van der Waals surface area contributed by atoms with Gasteiger partial charge < -0.3 is 10.6 Å². The molecular formula is C21H18FN3O4S2. The molecule has 7 nitrogen and oxygen atoms in total. The van der Waals surface area contributed by atoms with E-state index in [2.05, 4.69) is 10.6 Å². The van der Waals surface area contributed by atoms with E-state index in [0.29, 0.717) is 16.9 Å². The maximum atomic E-state index is 13.0. The SMILES string of the molecule is NS(=O)(=O)c1ccc(NC(=O)CSc2cccc(NC(=O)c3ccc(F)cc3)c2)cc1. The number of nitrogens with one attached hydrogen (secondary N) is 2. The predicted molar refractivity (Wildman–Crippen MR) is 118 cm³/mol. The third-order valence-corrected chi connectivity index (χ3v) is 5.96. The van der Waals surface area contributed by atoms with E-state index in [-0.39, 0.29) is 22.5 Å². The molecule has 0 radical (unpaired) electrons. The zero-order valence-electron chi connectivity index (χ0n) is 16.0. The van der Waals surface area contributed by atoms with Crippen LogP contribution >= 0.6 is 11.8 Å². The minimum atomic E-state index is -3.79.